The molecule has 0 fully saturated rings. The van der Waals surface area contributed by atoms with Crippen molar-refractivity contribution >= 4 is 27.3 Å². The minimum Gasteiger partial charge on any atom is -0.322 e. The van der Waals surface area contributed by atoms with Gasteiger partial charge in [-0.05, 0) is 67.4 Å². The fourth-order valence-electron chi connectivity index (χ4n) is 2.58. The molecule has 0 unspecified atom stereocenters. The van der Waals surface area contributed by atoms with Gasteiger partial charge in [-0.1, -0.05) is 30.3 Å². The number of carbonyl (C=O) groups is 1. The lowest BCUT2D eigenvalue weighted by molar-refractivity contribution is 0.102. The maximum Gasteiger partial charge on any atom is 0.261 e. The predicted octanol–water partition coefficient (Wildman–Crippen LogP) is 4.36. The van der Waals surface area contributed by atoms with Crippen LogP contribution in [0.25, 0.3) is 0 Å². The molecular formula is C21H20N2O3S. The van der Waals surface area contributed by atoms with Gasteiger partial charge in [0.05, 0.1) is 4.90 Å². The monoisotopic (exact) mass is 380 g/mol. The lowest BCUT2D eigenvalue weighted by atomic mass is 10.1. The standard InChI is InChI=1S/C21H20N2O3S/c1-15-7-6-10-20(16(15)2)22-21(24)17-11-13-18(14-12-17)23-27(25,26)19-8-4-3-5-9-19/h3-14,23H,1-2H3,(H,22,24). The summed E-state index contributed by atoms with van der Waals surface area (Å²) in [5, 5.41) is 2.88. The molecule has 0 spiro atoms. The summed E-state index contributed by atoms with van der Waals surface area (Å²) in [6.45, 7) is 3.94. The summed E-state index contributed by atoms with van der Waals surface area (Å²) < 4.78 is 27.2. The number of benzene rings is 3. The number of hydrogen-bond acceptors (Lipinski definition) is 3. The normalized spacial score (nSPS) is 11.0. The highest BCUT2D eigenvalue weighted by Gasteiger charge is 2.14. The highest BCUT2D eigenvalue weighted by atomic mass is 32.2. The Balaban J connectivity index is 1.73. The molecule has 5 nitrogen and oxygen atoms in total. The van der Waals surface area contributed by atoms with Crippen LogP contribution in [0.15, 0.2) is 77.7 Å². The Morgan fingerprint density at radius 2 is 1.48 bits per heavy atom. The second kappa shape index (κ2) is 7.63. The molecule has 0 aliphatic carbocycles. The van der Waals surface area contributed by atoms with Crippen LogP contribution in [0.2, 0.25) is 0 Å². The van der Waals surface area contributed by atoms with Crippen LogP contribution in [0, 0.1) is 13.8 Å². The average Bonchev–Trinajstić information content (AvgIpc) is 2.66. The van der Waals surface area contributed by atoms with Crippen molar-refractivity contribution in [2.45, 2.75) is 18.7 Å². The summed E-state index contributed by atoms with van der Waals surface area (Å²) in [4.78, 5) is 12.6. The van der Waals surface area contributed by atoms with Crippen LogP contribution in [0.3, 0.4) is 0 Å². The number of carbonyl (C=O) groups excluding carboxylic acids is 1. The van der Waals surface area contributed by atoms with E-state index in [2.05, 4.69) is 10.0 Å². The molecule has 6 heteroatoms. The van der Waals surface area contributed by atoms with E-state index < -0.39 is 10.0 Å². The number of sulfonamides is 1. The summed E-state index contributed by atoms with van der Waals surface area (Å²) in [6, 6.07) is 20.2. The summed E-state index contributed by atoms with van der Waals surface area (Å²) in [5.74, 6) is -0.249. The van der Waals surface area contributed by atoms with E-state index in [0.29, 0.717) is 11.3 Å². The Labute approximate surface area is 159 Å². The highest BCUT2D eigenvalue weighted by molar-refractivity contribution is 7.92. The van der Waals surface area contributed by atoms with E-state index in [9.17, 15) is 13.2 Å². The first-order valence-electron chi connectivity index (χ1n) is 8.42. The SMILES string of the molecule is Cc1cccc(NC(=O)c2ccc(NS(=O)(=O)c3ccccc3)cc2)c1C. The van der Waals surface area contributed by atoms with Gasteiger partial charge < -0.3 is 5.32 Å². The molecule has 2 N–H and O–H groups in total. The smallest absolute Gasteiger partial charge is 0.261 e. The van der Waals surface area contributed by atoms with Crippen LogP contribution >= 0.6 is 0 Å². The average molecular weight is 380 g/mol. The largest absolute Gasteiger partial charge is 0.322 e. The van der Waals surface area contributed by atoms with Crippen LogP contribution in [-0.4, -0.2) is 14.3 Å². The van der Waals surface area contributed by atoms with Gasteiger partial charge in [-0.3, -0.25) is 9.52 Å². The van der Waals surface area contributed by atoms with Crippen LogP contribution in [0.4, 0.5) is 11.4 Å². The van der Waals surface area contributed by atoms with Crippen molar-refractivity contribution in [3.05, 3.63) is 89.5 Å². The summed E-state index contributed by atoms with van der Waals surface area (Å²) in [5.41, 5.74) is 3.70. The molecule has 0 aromatic heterocycles. The first-order chi connectivity index (χ1) is 12.9. The minimum atomic E-state index is -3.66. The van der Waals surface area contributed by atoms with Gasteiger partial charge in [0.25, 0.3) is 15.9 Å². The number of anilines is 2. The molecule has 3 aromatic carbocycles. The zero-order valence-corrected chi connectivity index (χ0v) is 15.9. The van der Waals surface area contributed by atoms with E-state index in [1.807, 2.05) is 32.0 Å². The van der Waals surface area contributed by atoms with E-state index in [1.165, 1.54) is 12.1 Å². The highest BCUT2D eigenvalue weighted by Crippen LogP contribution is 2.20. The number of nitrogens with one attached hydrogen (secondary N) is 2. The first-order valence-corrected chi connectivity index (χ1v) is 9.90. The van der Waals surface area contributed by atoms with Crippen molar-refractivity contribution in [2.24, 2.45) is 0 Å². The van der Waals surface area contributed by atoms with E-state index in [-0.39, 0.29) is 10.8 Å². The van der Waals surface area contributed by atoms with Gasteiger partial charge in [0.1, 0.15) is 0 Å². The molecule has 0 radical (unpaired) electrons. The van der Waals surface area contributed by atoms with Crippen LogP contribution < -0.4 is 10.0 Å². The van der Waals surface area contributed by atoms with E-state index in [1.54, 1.807) is 42.5 Å². The molecule has 27 heavy (non-hydrogen) atoms. The lowest BCUT2D eigenvalue weighted by Crippen LogP contribution is -2.14. The van der Waals surface area contributed by atoms with Crippen LogP contribution in [0.1, 0.15) is 21.5 Å². The number of aryl methyl sites for hydroxylation is 1. The molecule has 3 aromatic rings. The zero-order valence-electron chi connectivity index (χ0n) is 15.1. The van der Waals surface area contributed by atoms with Gasteiger partial charge in [-0.15, -0.1) is 0 Å². The van der Waals surface area contributed by atoms with Crippen molar-refractivity contribution < 1.29 is 13.2 Å². The van der Waals surface area contributed by atoms with Gasteiger partial charge in [-0.2, -0.15) is 0 Å². The quantitative estimate of drug-likeness (QED) is 0.691. The number of rotatable bonds is 5. The molecule has 0 aliphatic rings. The Morgan fingerprint density at radius 1 is 0.815 bits per heavy atom. The molecule has 0 bridgehead atoms. The van der Waals surface area contributed by atoms with Gasteiger partial charge in [0, 0.05) is 16.9 Å². The second-order valence-corrected chi connectivity index (χ2v) is 7.88. The second-order valence-electron chi connectivity index (χ2n) is 6.20. The van der Waals surface area contributed by atoms with Crippen molar-refractivity contribution in [1.29, 1.82) is 0 Å². The zero-order chi connectivity index (χ0) is 19.4. The third-order valence-corrected chi connectivity index (χ3v) is 5.70. The Morgan fingerprint density at radius 3 is 2.15 bits per heavy atom. The topological polar surface area (TPSA) is 75.3 Å². The summed E-state index contributed by atoms with van der Waals surface area (Å²) >= 11 is 0. The molecular weight excluding hydrogens is 360 g/mol. The lowest BCUT2D eigenvalue weighted by Gasteiger charge is -2.11. The predicted molar refractivity (Wildman–Crippen MR) is 108 cm³/mol. The molecule has 0 atom stereocenters. The van der Waals surface area contributed by atoms with Gasteiger partial charge >= 0.3 is 0 Å². The number of hydrogen-bond donors (Lipinski definition) is 2. The maximum atomic E-state index is 12.4. The number of amides is 1. The van der Waals surface area contributed by atoms with E-state index in [0.717, 1.165) is 16.8 Å². The Kier molecular flexibility index (Phi) is 5.28. The minimum absolute atomic E-state index is 0.182. The molecule has 1 amide bonds. The van der Waals surface area contributed by atoms with Crippen molar-refractivity contribution in [2.75, 3.05) is 10.0 Å². The molecule has 138 valence electrons. The fraction of sp³-hybridized carbons (Fsp3) is 0.0952. The van der Waals surface area contributed by atoms with Crippen molar-refractivity contribution in [3.63, 3.8) is 0 Å². The Bertz CT molecular complexity index is 1060. The first kappa shape index (κ1) is 18.7. The van der Waals surface area contributed by atoms with Crippen LogP contribution in [0.5, 0.6) is 0 Å². The van der Waals surface area contributed by atoms with Gasteiger partial charge in [-0.25, -0.2) is 8.42 Å². The molecule has 3 rings (SSSR count). The molecule has 0 aliphatic heterocycles. The van der Waals surface area contributed by atoms with E-state index >= 15 is 0 Å². The van der Waals surface area contributed by atoms with Crippen molar-refractivity contribution in [1.82, 2.24) is 0 Å². The third-order valence-electron chi connectivity index (χ3n) is 4.31. The molecule has 0 saturated carbocycles. The van der Waals surface area contributed by atoms with Crippen molar-refractivity contribution in [3.8, 4) is 0 Å². The van der Waals surface area contributed by atoms with E-state index in [4.69, 9.17) is 0 Å². The Hall–Kier alpha value is -3.12. The molecule has 0 heterocycles. The summed E-state index contributed by atoms with van der Waals surface area (Å²) in [7, 11) is -3.66. The van der Waals surface area contributed by atoms with Crippen LogP contribution in [-0.2, 0) is 10.0 Å². The van der Waals surface area contributed by atoms with Gasteiger partial charge in [0.15, 0.2) is 0 Å². The fourth-order valence-corrected chi connectivity index (χ4v) is 3.66. The maximum absolute atomic E-state index is 12.4. The summed E-state index contributed by atoms with van der Waals surface area (Å²) in [6.07, 6.45) is 0. The molecule has 0 saturated heterocycles. The third kappa shape index (κ3) is 4.35. The van der Waals surface area contributed by atoms with Gasteiger partial charge in [0.2, 0.25) is 0 Å².